The van der Waals surface area contributed by atoms with Gasteiger partial charge < -0.3 is 20.3 Å². The Bertz CT molecular complexity index is 519. The third kappa shape index (κ3) is 4.92. The Labute approximate surface area is 143 Å². The second kappa shape index (κ2) is 8.86. The van der Waals surface area contributed by atoms with Gasteiger partial charge in [-0.3, -0.25) is 9.59 Å². The van der Waals surface area contributed by atoms with E-state index in [2.05, 4.69) is 10.6 Å². The van der Waals surface area contributed by atoms with Crippen molar-refractivity contribution in [3.8, 4) is 0 Å². The number of rotatable bonds is 5. The van der Waals surface area contributed by atoms with Crippen LogP contribution in [0.1, 0.15) is 12.8 Å². The van der Waals surface area contributed by atoms with Crippen molar-refractivity contribution < 1.29 is 14.3 Å². The van der Waals surface area contributed by atoms with E-state index >= 15 is 0 Å². The van der Waals surface area contributed by atoms with Crippen LogP contribution in [0, 0.1) is 0 Å². The number of nitrogens with zero attached hydrogens (tertiary/aromatic N) is 1. The van der Waals surface area contributed by atoms with Crippen LogP contribution in [0.3, 0.4) is 0 Å². The molecule has 0 radical (unpaired) electrons. The highest BCUT2D eigenvalue weighted by molar-refractivity contribution is 5.95. The van der Waals surface area contributed by atoms with Gasteiger partial charge in [-0.1, -0.05) is 18.2 Å². The number of piperidine rings is 1. The highest BCUT2D eigenvalue weighted by Gasteiger charge is 2.41. The van der Waals surface area contributed by atoms with Crippen molar-refractivity contribution in [3.05, 3.63) is 30.3 Å². The zero-order chi connectivity index (χ0) is 16.0. The number of carbonyl (C=O) groups excluding carboxylic acids is 2. The molecule has 7 heteroatoms. The number of benzene rings is 1. The fourth-order valence-electron chi connectivity index (χ4n) is 2.69. The molecule has 1 aliphatic heterocycles. The first-order valence-electron chi connectivity index (χ1n) is 7.44. The molecule has 2 rings (SSSR count). The quantitative estimate of drug-likeness (QED) is 0.846. The van der Waals surface area contributed by atoms with Crippen LogP contribution in [0.5, 0.6) is 0 Å². The van der Waals surface area contributed by atoms with E-state index in [0.717, 1.165) is 18.8 Å². The average Bonchev–Trinajstić information content (AvgIpc) is 2.55. The number of ether oxygens (including phenoxy) is 1. The van der Waals surface area contributed by atoms with Gasteiger partial charge in [-0.2, -0.15) is 0 Å². The number of hydrogen-bond donors (Lipinski definition) is 2. The summed E-state index contributed by atoms with van der Waals surface area (Å²) in [7, 11) is 3.19. The van der Waals surface area contributed by atoms with Gasteiger partial charge in [0, 0.05) is 19.8 Å². The van der Waals surface area contributed by atoms with Crippen LogP contribution in [0.25, 0.3) is 0 Å². The molecule has 1 heterocycles. The number of methoxy groups -OCH3 is 1. The molecule has 23 heavy (non-hydrogen) atoms. The maximum absolute atomic E-state index is 12.6. The number of hydrogen-bond acceptors (Lipinski definition) is 4. The predicted octanol–water partition coefficient (Wildman–Crippen LogP) is 1.27. The van der Waals surface area contributed by atoms with Crippen LogP contribution in [0.2, 0.25) is 0 Å². The first-order chi connectivity index (χ1) is 10.6. The van der Waals surface area contributed by atoms with E-state index in [9.17, 15) is 9.59 Å². The van der Waals surface area contributed by atoms with Gasteiger partial charge in [-0.15, -0.1) is 12.4 Å². The maximum Gasteiger partial charge on any atom is 0.255 e. The fourth-order valence-corrected chi connectivity index (χ4v) is 2.69. The van der Waals surface area contributed by atoms with Crippen molar-refractivity contribution in [1.29, 1.82) is 0 Å². The number of carbonyl (C=O) groups is 2. The zero-order valence-electron chi connectivity index (χ0n) is 13.5. The van der Waals surface area contributed by atoms with E-state index in [0.29, 0.717) is 12.8 Å². The van der Waals surface area contributed by atoms with Gasteiger partial charge in [0.25, 0.3) is 5.91 Å². The zero-order valence-corrected chi connectivity index (χ0v) is 14.3. The standard InChI is InChI=1S/C16H23N3O3.ClH/c1-19(12-14(20)18-13-6-4-3-5-7-13)15(21)16(22-2)8-10-17-11-9-16;/h3-7,17H,8-12H2,1-2H3,(H,18,20);1H. The Morgan fingerprint density at radius 1 is 1.26 bits per heavy atom. The van der Waals surface area contributed by atoms with Crippen molar-refractivity contribution in [2.75, 3.05) is 39.1 Å². The van der Waals surface area contributed by atoms with Crippen LogP contribution >= 0.6 is 12.4 Å². The lowest BCUT2D eigenvalue weighted by atomic mass is 9.90. The van der Waals surface area contributed by atoms with Crippen LogP contribution in [-0.2, 0) is 14.3 Å². The van der Waals surface area contributed by atoms with Crippen LogP contribution in [0.4, 0.5) is 5.69 Å². The van der Waals surface area contributed by atoms with E-state index in [1.165, 1.54) is 4.90 Å². The van der Waals surface area contributed by atoms with Crippen molar-refractivity contribution >= 4 is 29.9 Å². The van der Waals surface area contributed by atoms with Crippen LogP contribution < -0.4 is 10.6 Å². The third-order valence-corrected chi connectivity index (χ3v) is 3.98. The second-order valence-electron chi connectivity index (χ2n) is 5.52. The molecule has 0 atom stereocenters. The molecule has 2 N–H and O–H groups in total. The summed E-state index contributed by atoms with van der Waals surface area (Å²) in [4.78, 5) is 26.1. The minimum absolute atomic E-state index is 0. The van der Waals surface area contributed by atoms with E-state index < -0.39 is 5.60 Å². The first kappa shape index (κ1) is 19.4. The smallest absolute Gasteiger partial charge is 0.255 e. The van der Waals surface area contributed by atoms with Crippen molar-refractivity contribution in [2.45, 2.75) is 18.4 Å². The summed E-state index contributed by atoms with van der Waals surface area (Å²) < 4.78 is 5.50. The topological polar surface area (TPSA) is 70.7 Å². The van der Waals surface area contributed by atoms with Gasteiger partial charge in [0.1, 0.15) is 5.60 Å². The van der Waals surface area contributed by atoms with Gasteiger partial charge in [-0.25, -0.2) is 0 Å². The normalized spacial score (nSPS) is 16.1. The largest absolute Gasteiger partial charge is 0.368 e. The average molecular weight is 342 g/mol. The number of likely N-dealkylation sites (N-methyl/N-ethyl adjacent to an activating group) is 1. The Kier molecular flexibility index (Phi) is 7.48. The number of anilines is 1. The summed E-state index contributed by atoms with van der Waals surface area (Å²) in [5, 5.41) is 5.99. The highest BCUT2D eigenvalue weighted by Crippen LogP contribution is 2.24. The lowest BCUT2D eigenvalue weighted by molar-refractivity contribution is -0.157. The number of para-hydroxylation sites is 1. The summed E-state index contributed by atoms with van der Waals surface area (Å²) in [6.45, 7) is 1.49. The predicted molar refractivity (Wildman–Crippen MR) is 91.8 cm³/mol. The van der Waals surface area contributed by atoms with Gasteiger partial charge in [0.15, 0.2) is 0 Å². The SMILES string of the molecule is COC1(C(=O)N(C)CC(=O)Nc2ccccc2)CCNCC1.Cl. The van der Waals surface area contributed by atoms with Crippen molar-refractivity contribution in [3.63, 3.8) is 0 Å². The first-order valence-corrected chi connectivity index (χ1v) is 7.44. The summed E-state index contributed by atoms with van der Waals surface area (Å²) in [5.74, 6) is -0.359. The van der Waals surface area contributed by atoms with E-state index in [1.807, 2.05) is 30.3 Å². The van der Waals surface area contributed by atoms with Gasteiger partial charge in [0.05, 0.1) is 6.54 Å². The molecule has 1 fully saturated rings. The minimum Gasteiger partial charge on any atom is -0.368 e. The molecule has 6 nitrogen and oxygen atoms in total. The fraction of sp³-hybridized carbons (Fsp3) is 0.500. The molecule has 0 unspecified atom stereocenters. The molecular formula is C16H24ClN3O3. The Balaban J connectivity index is 0.00000264. The lowest BCUT2D eigenvalue weighted by Crippen LogP contribution is -2.55. The summed E-state index contributed by atoms with van der Waals surface area (Å²) in [5.41, 5.74) is -0.0933. The second-order valence-corrected chi connectivity index (χ2v) is 5.52. The number of amides is 2. The molecule has 128 valence electrons. The van der Waals surface area contributed by atoms with Crippen molar-refractivity contribution in [1.82, 2.24) is 10.2 Å². The summed E-state index contributed by atoms with van der Waals surface area (Å²) in [6.07, 6.45) is 1.24. The van der Waals surface area contributed by atoms with E-state index in [-0.39, 0.29) is 30.8 Å². The molecule has 1 aromatic rings. The van der Waals surface area contributed by atoms with Gasteiger partial charge >= 0.3 is 0 Å². The van der Waals surface area contributed by atoms with E-state index in [1.54, 1.807) is 14.2 Å². The molecule has 0 spiro atoms. The van der Waals surface area contributed by atoms with Crippen LogP contribution in [0.15, 0.2) is 30.3 Å². The molecule has 1 aliphatic rings. The van der Waals surface area contributed by atoms with E-state index in [4.69, 9.17) is 4.74 Å². The third-order valence-electron chi connectivity index (χ3n) is 3.98. The minimum atomic E-state index is -0.812. The lowest BCUT2D eigenvalue weighted by Gasteiger charge is -2.37. The number of nitrogens with one attached hydrogen (secondary N) is 2. The van der Waals surface area contributed by atoms with Crippen LogP contribution in [-0.4, -0.2) is 56.1 Å². The molecule has 0 bridgehead atoms. The highest BCUT2D eigenvalue weighted by atomic mass is 35.5. The Hall–Kier alpha value is -1.63. The molecule has 1 saturated heterocycles. The molecule has 0 saturated carbocycles. The molecule has 1 aromatic carbocycles. The summed E-state index contributed by atoms with van der Waals surface area (Å²) >= 11 is 0. The van der Waals surface area contributed by atoms with Gasteiger partial charge in [0.2, 0.25) is 5.91 Å². The molecular weight excluding hydrogens is 318 g/mol. The maximum atomic E-state index is 12.6. The van der Waals surface area contributed by atoms with Crippen molar-refractivity contribution in [2.24, 2.45) is 0 Å². The summed E-state index contributed by atoms with van der Waals surface area (Å²) in [6, 6.07) is 9.19. The van der Waals surface area contributed by atoms with Gasteiger partial charge in [-0.05, 0) is 38.1 Å². The molecule has 0 aliphatic carbocycles. The number of halogens is 1. The Morgan fingerprint density at radius 3 is 2.43 bits per heavy atom. The molecule has 2 amide bonds. The monoisotopic (exact) mass is 341 g/mol. The Morgan fingerprint density at radius 2 is 1.87 bits per heavy atom. The molecule has 0 aromatic heterocycles.